The number of nitrogens with one attached hydrogen (secondary N) is 1. The second kappa shape index (κ2) is 4.97. The Morgan fingerprint density at radius 3 is 2.67 bits per heavy atom. The molecule has 7 nitrogen and oxygen atoms in total. The fourth-order valence-electron chi connectivity index (χ4n) is 2.40. The molecule has 8 heteroatoms. The summed E-state index contributed by atoms with van der Waals surface area (Å²) in [6.45, 7) is 3.27. The zero-order valence-corrected chi connectivity index (χ0v) is 12.3. The van der Waals surface area contributed by atoms with Crippen LogP contribution in [0, 0.1) is 13.8 Å². The minimum Gasteiger partial charge on any atom is -0.388 e. The van der Waals surface area contributed by atoms with Crippen molar-refractivity contribution in [3.8, 4) is 11.1 Å². The molecule has 2 N–H and O–H groups in total. The van der Waals surface area contributed by atoms with Gasteiger partial charge in [0.05, 0.1) is 16.1 Å². The number of aryl methyl sites for hydroxylation is 2. The van der Waals surface area contributed by atoms with Crippen LogP contribution in [0.3, 0.4) is 0 Å². The number of aromatic nitrogens is 3. The van der Waals surface area contributed by atoms with E-state index in [0.29, 0.717) is 33.9 Å². The summed E-state index contributed by atoms with van der Waals surface area (Å²) in [5.74, 6) is 0.930. The molecule has 0 aliphatic heterocycles. The van der Waals surface area contributed by atoms with Crippen molar-refractivity contribution in [1.82, 2.24) is 15.1 Å². The molecule has 0 aliphatic rings. The SMILES string of the molecule is Cc1noc(C)c1-c1cc([SH](=O)=O)c2nc(CO)[nH]c2c1. The van der Waals surface area contributed by atoms with Gasteiger partial charge in [-0.15, -0.1) is 0 Å². The van der Waals surface area contributed by atoms with Gasteiger partial charge in [0.2, 0.25) is 0 Å². The van der Waals surface area contributed by atoms with Gasteiger partial charge in [0.1, 0.15) is 23.7 Å². The minimum absolute atomic E-state index is 0.105. The minimum atomic E-state index is -2.81. The Labute approximate surface area is 121 Å². The zero-order chi connectivity index (χ0) is 15.1. The van der Waals surface area contributed by atoms with E-state index < -0.39 is 10.7 Å². The van der Waals surface area contributed by atoms with E-state index >= 15 is 0 Å². The molecule has 0 saturated carbocycles. The summed E-state index contributed by atoms with van der Waals surface area (Å²) in [4.78, 5) is 7.10. The highest BCUT2D eigenvalue weighted by Crippen LogP contribution is 2.31. The van der Waals surface area contributed by atoms with Crippen LogP contribution in [0.4, 0.5) is 0 Å². The Morgan fingerprint density at radius 1 is 1.33 bits per heavy atom. The number of aliphatic hydroxyl groups excluding tert-OH is 1. The van der Waals surface area contributed by atoms with Crippen LogP contribution in [-0.2, 0) is 17.3 Å². The summed E-state index contributed by atoms with van der Waals surface area (Å²) < 4.78 is 28.1. The zero-order valence-electron chi connectivity index (χ0n) is 11.4. The maximum atomic E-state index is 11.5. The highest BCUT2D eigenvalue weighted by Gasteiger charge is 2.17. The number of benzene rings is 1. The van der Waals surface area contributed by atoms with Gasteiger partial charge in [0, 0.05) is 5.56 Å². The standard InChI is InChI=1S/C13H13N3O4S/c1-6-12(7(2)20-16-6)8-3-9-13(10(4-8)21(18)19)15-11(5-17)14-9/h3-4,17,21H,5H2,1-2H3,(H,14,15). The van der Waals surface area contributed by atoms with Crippen LogP contribution >= 0.6 is 0 Å². The monoisotopic (exact) mass is 307 g/mol. The van der Waals surface area contributed by atoms with Gasteiger partial charge in [-0.05, 0) is 31.5 Å². The van der Waals surface area contributed by atoms with Gasteiger partial charge in [-0.25, -0.2) is 13.4 Å². The average Bonchev–Trinajstić information content (AvgIpc) is 3.00. The fourth-order valence-corrected chi connectivity index (χ4v) is 2.99. The molecule has 0 fully saturated rings. The van der Waals surface area contributed by atoms with Crippen LogP contribution < -0.4 is 0 Å². The van der Waals surface area contributed by atoms with E-state index in [2.05, 4.69) is 15.1 Å². The van der Waals surface area contributed by atoms with E-state index in [0.717, 1.165) is 5.56 Å². The second-order valence-electron chi connectivity index (χ2n) is 4.69. The number of aliphatic hydroxyl groups is 1. The number of rotatable bonds is 3. The third-order valence-corrected chi connectivity index (χ3v) is 4.02. The maximum Gasteiger partial charge on any atom is 0.170 e. The number of imidazole rings is 1. The molecule has 0 saturated heterocycles. The molecule has 2 heterocycles. The van der Waals surface area contributed by atoms with E-state index in [1.165, 1.54) is 0 Å². The Balaban J connectivity index is 2.35. The van der Waals surface area contributed by atoms with Crippen LogP contribution in [0.2, 0.25) is 0 Å². The highest BCUT2D eigenvalue weighted by atomic mass is 32.2. The Morgan fingerprint density at radius 2 is 2.10 bits per heavy atom. The molecular formula is C13H13N3O4S. The van der Waals surface area contributed by atoms with Crippen molar-refractivity contribution in [3.05, 3.63) is 29.4 Å². The topological polar surface area (TPSA) is 109 Å². The summed E-state index contributed by atoms with van der Waals surface area (Å²) in [6.07, 6.45) is 0. The van der Waals surface area contributed by atoms with Crippen molar-refractivity contribution in [2.75, 3.05) is 0 Å². The van der Waals surface area contributed by atoms with Crippen molar-refractivity contribution in [3.63, 3.8) is 0 Å². The van der Waals surface area contributed by atoms with E-state index in [-0.39, 0.29) is 11.5 Å². The lowest BCUT2D eigenvalue weighted by atomic mass is 10.0. The van der Waals surface area contributed by atoms with Crippen molar-refractivity contribution in [2.45, 2.75) is 25.3 Å². The first-order valence-electron chi connectivity index (χ1n) is 6.22. The molecule has 0 amide bonds. The smallest absolute Gasteiger partial charge is 0.170 e. The normalized spacial score (nSPS) is 11.6. The predicted molar refractivity (Wildman–Crippen MR) is 75.6 cm³/mol. The first-order chi connectivity index (χ1) is 10.0. The van der Waals surface area contributed by atoms with Gasteiger partial charge in [0.15, 0.2) is 10.7 Å². The third-order valence-electron chi connectivity index (χ3n) is 3.28. The Bertz CT molecular complexity index is 880. The lowest BCUT2D eigenvalue weighted by Crippen LogP contribution is -1.88. The van der Waals surface area contributed by atoms with E-state index in [1.807, 2.05) is 0 Å². The number of hydrogen-bond acceptors (Lipinski definition) is 6. The molecule has 0 atom stereocenters. The summed E-state index contributed by atoms with van der Waals surface area (Å²) in [7, 11) is -2.81. The predicted octanol–water partition coefficient (Wildman–Crippen LogP) is 1.30. The van der Waals surface area contributed by atoms with Gasteiger partial charge in [-0.2, -0.15) is 0 Å². The summed E-state index contributed by atoms with van der Waals surface area (Å²) >= 11 is 0. The Hall–Kier alpha value is -2.19. The van der Waals surface area contributed by atoms with Gasteiger partial charge in [-0.1, -0.05) is 5.16 Å². The number of nitrogens with zero attached hydrogens (tertiary/aromatic N) is 2. The van der Waals surface area contributed by atoms with Crippen molar-refractivity contribution < 1.29 is 18.0 Å². The number of H-pyrrole nitrogens is 1. The molecule has 3 rings (SSSR count). The average molecular weight is 307 g/mol. The van der Waals surface area contributed by atoms with E-state index in [4.69, 9.17) is 9.63 Å². The first kappa shape index (κ1) is 13.8. The highest BCUT2D eigenvalue weighted by molar-refractivity contribution is 7.72. The summed E-state index contributed by atoms with van der Waals surface area (Å²) in [6, 6.07) is 3.32. The number of fused-ring (bicyclic) bond motifs is 1. The van der Waals surface area contributed by atoms with Crippen LogP contribution in [0.25, 0.3) is 22.2 Å². The summed E-state index contributed by atoms with van der Waals surface area (Å²) in [5.41, 5.74) is 2.99. The van der Waals surface area contributed by atoms with Gasteiger partial charge < -0.3 is 14.6 Å². The second-order valence-corrected chi connectivity index (χ2v) is 5.69. The quantitative estimate of drug-likeness (QED) is 0.629. The third kappa shape index (κ3) is 2.22. The molecule has 21 heavy (non-hydrogen) atoms. The lowest BCUT2D eigenvalue weighted by molar-refractivity contribution is 0.273. The molecule has 2 aromatic heterocycles. The van der Waals surface area contributed by atoms with Gasteiger partial charge in [-0.3, -0.25) is 0 Å². The molecular weight excluding hydrogens is 294 g/mol. The fraction of sp³-hybridized carbons (Fsp3) is 0.231. The molecule has 0 unspecified atom stereocenters. The van der Waals surface area contributed by atoms with Crippen LogP contribution in [0.15, 0.2) is 21.6 Å². The molecule has 0 radical (unpaired) electrons. The van der Waals surface area contributed by atoms with Crippen LogP contribution in [-0.4, -0.2) is 28.6 Å². The molecule has 0 aliphatic carbocycles. The maximum absolute atomic E-state index is 11.5. The van der Waals surface area contributed by atoms with E-state index in [9.17, 15) is 8.42 Å². The molecule has 0 bridgehead atoms. The van der Waals surface area contributed by atoms with Crippen molar-refractivity contribution >= 4 is 21.7 Å². The largest absolute Gasteiger partial charge is 0.388 e. The Kier molecular flexibility index (Phi) is 3.26. The van der Waals surface area contributed by atoms with Gasteiger partial charge in [0.25, 0.3) is 0 Å². The molecule has 110 valence electrons. The number of hydrogen-bond donors (Lipinski definition) is 3. The van der Waals surface area contributed by atoms with Crippen molar-refractivity contribution in [1.29, 1.82) is 0 Å². The number of aromatic amines is 1. The molecule has 3 aromatic rings. The van der Waals surface area contributed by atoms with Crippen LogP contribution in [0.1, 0.15) is 17.3 Å². The van der Waals surface area contributed by atoms with E-state index in [1.54, 1.807) is 26.0 Å². The van der Waals surface area contributed by atoms with Crippen molar-refractivity contribution in [2.24, 2.45) is 0 Å². The number of thiol groups is 1. The van der Waals surface area contributed by atoms with Gasteiger partial charge >= 0.3 is 0 Å². The lowest BCUT2D eigenvalue weighted by Gasteiger charge is -2.02. The molecule has 0 spiro atoms. The molecule has 1 aromatic carbocycles. The van der Waals surface area contributed by atoms with Crippen LogP contribution in [0.5, 0.6) is 0 Å². The first-order valence-corrected chi connectivity index (χ1v) is 7.40. The summed E-state index contributed by atoms with van der Waals surface area (Å²) in [5, 5.41) is 13.0.